The first-order valence-corrected chi connectivity index (χ1v) is 9.24. The standard InChI is InChI=1S/C20H14ClFN2OS/c1-11-17(12-6-8-14(21)9-7-12)18-19(25)23-16(24-20(18)26-11)10-13-4-2-3-5-15(13)22/h2-9H,10H2,1H3,(H,23,24,25). The molecule has 2 aromatic heterocycles. The summed E-state index contributed by atoms with van der Waals surface area (Å²) in [5.41, 5.74) is 2.08. The Bertz CT molecular complexity index is 1160. The van der Waals surface area contributed by atoms with E-state index in [1.54, 1.807) is 30.3 Å². The van der Waals surface area contributed by atoms with Crippen molar-refractivity contribution in [1.29, 1.82) is 0 Å². The zero-order valence-corrected chi connectivity index (χ0v) is 15.4. The van der Waals surface area contributed by atoms with Crippen molar-refractivity contribution in [2.75, 3.05) is 0 Å². The molecule has 0 amide bonds. The number of benzene rings is 2. The maximum atomic E-state index is 13.9. The van der Waals surface area contributed by atoms with Crippen LogP contribution in [0.1, 0.15) is 16.3 Å². The molecule has 0 radical (unpaired) electrons. The number of fused-ring (bicyclic) bond motifs is 1. The van der Waals surface area contributed by atoms with Crippen LogP contribution in [-0.2, 0) is 6.42 Å². The number of halogens is 2. The number of H-pyrrole nitrogens is 1. The molecule has 0 atom stereocenters. The average molecular weight is 385 g/mol. The van der Waals surface area contributed by atoms with Gasteiger partial charge in [-0.3, -0.25) is 4.79 Å². The Morgan fingerprint density at radius 2 is 1.88 bits per heavy atom. The number of aromatic amines is 1. The summed E-state index contributed by atoms with van der Waals surface area (Å²) in [5, 5.41) is 1.21. The molecule has 0 aliphatic carbocycles. The summed E-state index contributed by atoms with van der Waals surface area (Å²) in [6.45, 7) is 1.96. The molecule has 0 spiro atoms. The van der Waals surface area contributed by atoms with Crippen LogP contribution < -0.4 is 5.56 Å². The molecule has 0 unspecified atom stereocenters. The van der Waals surface area contributed by atoms with Gasteiger partial charge in [0.1, 0.15) is 16.5 Å². The lowest BCUT2D eigenvalue weighted by Crippen LogP contribution is -2.12. The van der Waals surface area contributed by atoms with E-state index >= 15 is 0 Å². The van der Waals surface area contributed by atoms with Crippen LogP contribution in [0, 0.1) is 12.7 Å². The first kappa shape index (κ1) is 16.9. The van der Waals surface area contributed by atoms with E-state index in [9.17, 15) is 9.18 Å². The quantitative estimate of drug-likeness (QED) is 0.518. The molecule has 0 saturated heterocycles. The van der Waals surface area contributed by atoms with Crippen LogP contribution in [0.5, 0.6) is 0 Å². The summed E-state index contributed by atoms with van der Waals surface area (Å²) < 4.78 is 13.9. The fraction of sp³-hybridized carbons (Fsp3) is 0.100. The van der Waals surface area contributed by atoms with Gasteiger partial charge >= 0.3 is 0 Å². The third kappa shape index (κ3) is 3.04. The van der Waals surface area contributed by atoms with E-state index < -0.39 is 0 Å². The van der Waals surface area contributed by atoms with Crippen molar-refractivity contribution in [2.45, 2.75) is 13.3 Å². The highest BCUT2D eigenvalue weighted by molar-refractivity contribution is 7.19. The summed E-state index contributed by atoms with van der Waals surface area (Å²) >= 11 is 7.43. The molecule has 4 aromatic rings. The molecule has 130 valence electrons. The van der Waals surface area contributed by atoms with Crippen molar-refractivity contribution in [3.8, 4) is 11.1 Å². The van der Waals surface area contributed by atoms with Gasteiger partial charge in [-0.05, 0) is 36.2 Å². The topological polar surface area (TPSA) is 45.8 Å². The summed E-state index contributed by atoms with van der Waals surface area (Å²) in [5.74, 6) is 0.149. The SMILES string of the molecule is Cc1sc2nc(Cc3ccccc3F)[nH]c(=O)c2c1-c1ccc(Cl)cc1. The minimum Gasteiger partial charge on any atom is -0.310 e. The van der Waals surface area contributed by atoms with E-state index in [1.165, 1.54) is 17.4 Å². The third-order valence-corrected chi connectivity index (χ3v) is 5.49. The molecule has 2 aromatic carbocycles. The molecule has 0 saturated carbocycles. The number of hydrogen-bond donors (Lipinski definition) is 1. The lowest BCUT2D eigenvalue weighted by molar-refractivity contribution is 0.612. The molecule has 2 heterocycles. The second kappa shape index (κ2) is 6.67. The van der Waals surface area contributed by atoms with E-state index in [2.05, 4.69) is 9.97 Å². The Balaban J connectivity index is 1.83. The molecule has 1 N–H and O–H groups in total. The van der Waals surface area contributed by atoms with Crippen LogP contribution in [-0.4, -0.2) is 9.97 Å². The van der Waals surface area contributed by atoms with Crippen LogP contribution >= 0.6 is 22.9 Å². The molecule has 0 bridgehead atoms. The van der Waals surface area contributed by atoms with E-state index in [1.807, 2.05) is 19.1 Å². The fourth-order valence-electron chi connectivity index (χ4n) is 3.03. The molecule has 4 rings (SSSR count). The lowest BCUT2D eigenvalue weighted by Gasteiger charge is -2.04. The van der Waals surface area contributed by atoms with Crippen molar-refractivity contribution in [1.82, 2.24) is 9.97 Å². The van der Waals surface area contributed by atoms with E-state index in [-0.39, 0.29) is 17.8 Å². The van der Waals surface area contributed by atoms with Crippen molar-refractivity contribution in [3.05, 3.63) is 86.0 Å². The van der Waals surface area contributed by atoms with Gasteiger partial charge in [-0.1, -0.05) is 41.9 Å². The van der Waals surface area contributed by atoms with Crippen molar-refractivity contribution in [2.24, 2.45) is 0 Å². The van der Waals surface area contributed by atoms with Crippen LogP contribution in [0.2, 0.25) is 5.02 Å². The molecule has 3 nitrogen and oxygen atoms in total. The van der Waals surface area contributed by atoms with E-state index in [0.717, 1.165) is 16.0 Å². The van der Waals surface area contributed by atoms with E-state index in [4.69, 9.17) is 11.6 Å². The maximum Gasteiger partial charge on any atom is 0.260 e. The van der Waals surface area contributed by atoms with Crippen LogP contribution in [0.4, 0.5) is 4.39 Å². The largest absolute Gasteiger partial charge is 0.310 e. The van der Waals surface area contributed by atoms with Crippen molar-refractivity contribution >= 4 is 33.2 Å². The number of aryl methyl sites for hydroxylation is 1. The fourth-order valence-corrected chi connectivity index (χ4v) is 4.22. The Morgan fingerprint density at radius 3 is 2.62 bits per heavy atom. The highest BCUT2D eigenvalue weighted by Crippen LogP contribution is 2.36. The lowest BCUT2D eigenvalue weighted by atomic mass is 10.0. The number of thiophene rings is 1. The van der Waals surface area contributed by atoms with Gasteiger partial charge in [0, 0.05) is 21.9 Å². The second-order valence-corrected chi connectivity index (χ2v) is 7.64. The first-order valence-electron chi connectivity index (χ1n) is 8.04. The summed E-state index contributed by atoms with van der Waals surface area (Å²) in [4.78, 5) is 21.8. The Labute approximate surface area is 158 Å². The summed E-state index contributed by atoms with van der Waals surface area (Å²) in [6, 6.07) is 13.9. The number of rotatable bonds is 3. The molecular weight excluding hydrogens is 371 g/mol. The van der Waals surface area contributed by atoms with Crippen LogP contribution in [0.3, 0.4) is 0 Å². The molecule has 0 aliphatic heterocycles. The minimum absolute atomic E-state index is 0.212. The van der Waals surface area contributed by atoms with Gasteiger partial charge in [0.2, 0.25) is 0 Å². The molecular formula is C20H14ClFN2OS. The Kier molecular flexibility index (Phi) is 4.34. The highest BCUT2D eigenvalue weighted by Gasteiger charge is 2.17. The Morgan fingerprint density at radius 1 is 1.15 bits per heavy atom. The zero-order valence-electron chi connectivity index (χ0n) is 13.8. The molecule has 0 aliphatic rings. The van der Waals surface area contributed by atoms with Gasteiger partial charge in [0.15, 0.2) is 0 Å². The summed E-state index contributed by atoms with van der Waals surface area (Å²) in [7, 11) is 0. The molecule has 6 heteroatoms. The Hall–Kier alpha value is -2.50. The van der Waals surface area contributed by atoms with Crippen LogP contribution in [0.15, 0.2) is 53.3 Å². The van der Waals surface area contributed by atoms with Crippen molar-refractivity contribution < 1.29 is 4.39 Å². The number of hydrogen-bond acceptors (Lipinski definition) is 3. The van der Waals surface area contributed by atoms with E-state index in [0.29, 0.717) is 26.6 Å². The zero-order chi connectivity index (χ0) is 18.3. The van der Waals surface area contributed by atoms with Gasteiger partial charge in [0.05, 0.1) is 5.39 Å². The first-order chi connectivity index (χ1) is 12.5. The molecule has 26 heavy (non-hydrogen) atoms. The van der Waals surface area contributed by atoms with Gasteiger partial charge in [-0.25, -0.2) is 9.37 Å². The maximum absolute atomic E-state index is 13.9. The average Bonchev–Trinajstić information content (AvgIpc) is 2.94. The van der Waals surface area contributed by atoms with Crippen LogP contribution in [0.25, 0.3) is 21.3 Å². The summed E-state index contributed by atoms with van der Waals surface area (Å²) in [6.07, 6.45) is 0.241. The predicted octanol–water partition coefficient (Wildman–Crippen LogP) is 5.34. The highest BCUT2D eigenvalue weighted by atomic mass is 35.5. The second-order valence-electron chi connectivity index (χ2n) is 6.00. The van der Waals surface area contributed by atoms with Gasteiger partial charge in [0.25, 0.3) is 5.56 Å². The number of aromatic nitrogens is 2. The normalized spacial score (nSPS) is 11.2. The number of nitrogens with one attached hydrogen (secondary N) is 1. The van der Waals surface area contributed by atoms with Gasteiger partial charge < -0.3 is 4.98 Å². The molecule has 0 fully saturated rings. The minimum atomic E-state index is -0.306. The monoisotopic (exact) mass is 384 g/mol. The smallest absolute Gasteiger partial charge is 0.260 e. The van der Waals surface area contributed by atoms with Crippen molar-refractivity contribution in [3.63, 3.8) is 0 Å². The van der Waals surface area contributed by atoms with Gasteiger partial charge in [-0.2, -0.15) is 0 Å². The predicted molar refractivity (Wildman–Crippen MR) is 105 cm³/mol. The third-order valence-electron chi connectivity index (χ3n) is 4.24. The number of nitrogens with zero attached hydrogens (tertiary/aromatic N) is 1. The van der Waals surface area contributed by atoms with Gasteiger partial charge in [-0.15, -0.1) is 11.3 Å².